The average Bonchev–Trinajstić information content (AvgIpc) is 2.50. The van der Waals surface area contributed by atoms with Crippen LogP contribution in [0.1, 0.15) is 21.5 Å². The Hall–Kier alpha value is -1.84. The molecule has 0 fully saturated rings. The van der Waals surface area contributed by atoms with Crippen LogP contribution in [0.2, 0.25) is 10.0 Å². The summed E-state index contributed by atoms with van der Waals surface area (Å²) >= 11 is 11.8. The van der Waals surface area contributed by atoms with Gasteiger partial charge in [-0.15, -0.1) is 0 Å². The normalized spacial score (nSPS) is 10.4. The van der Waals surface area contributed by atoms with Gasteiger partial charge in [-0.25, -0.2) is 0 Å². The lowest BCUT2D eigenvalue weighted by atomic mass is 10.1. The Morgan fingerprint density at radius 3 is 2.23 bits per heavy atom. The molecule has 114 valence electrons. The highest BCUT2D eigenvalue weighted by atomic mass is 35.5. The zero-order chi connectivity index (χ0) is 16.3. The topological polar surface area (TPSA) is 37.4 Å². The standard InChI is InChI=1S/C17H15Cl2NO2/c1-11-3-6-13(7-4-11)16(21)17(22)20(2)10-12-5-8-14(18)15(19)9-12/h3-9H,10H2,1-2H3. The summed E-state index contributed by atoms with van der Waals surface area (Å²) in [6.45, 7) is 2.21. The second-order valence-electron chi connectivity index (χ2n) is 5.10. The van der Waals surface area contributed by atoms with Crippen LogP contribution in [0.3, 0.4) is 0 Å². The second-order valence-corrected chi connectivity index (χ2v) is 5.92. The fourth-order valence-corrected chi connectivity index (χ4v) is 2.31. The average molecular weight is 336 g/mol. The molecule has 0 aliphatic carbocycles. The third kappa shape index (κ3) is 3.87. The number of nitrogens with zero attached hydrogens (tertiary/aromatic N) is 1. The molecule has 0 saturated heterocycles. The van der Waals surface area contributed by atoms with E-state index in [1.54, 1.807) is 49.5 Å². The highest BCUT2D eigenvalue weighted by Gasteiger charge is 2.20. The van der Waals surface area contributed by atoms with Gasteiger partial charge in [0.25, 0.3) is 5.91 Å². The fraction of sp³-hybridized carbons (Fsp3) is 0.176. The van der Waals surface area contributed by atoms with Gasteiger partial charge < -0.3 is 4.90 Å². The van der Waals surface area contributed by atoms with E-state index in [9.17, 15) is 9.59 Å². The van der Waals surface area contributed by atoms with Crippen molar-refractivity contribution in [3.8, 4) is 0 Å². The van der Waals surface area contributed by atoms with Gasteiger partial charge in [-0.1, -0.05) is 59.1 Å². The van der Waals surface area contributed by atoms with Crippen molar-refractivity contribution in [3.05, 3.63) is 69.2 Å². The number of hydrogen-bond donors (Lipinski definition) is 0. The Balaban J connectivity index is 2.09. The summed E-state index contributed by atoms with van der Waals surface area (Å²) in [5, 5.41) is 0.875. The Kier molecular flexibility index (Phi) is 5.22. The number of carbonyl (C=O) groups excluding carboxylic acids is 2. The third-order valence-electron chi connectivity index (χ3n) is 3.26. The Morgan fingerprint density at radius 1 is 1.00 bits per heavy atom. The van der Waals surface area contributed by atoms with Gasteiger partial charge in [-0.05, 0) is 24.6 Å². The highest BCUT2D eigenvalue weighted by Crippen LogP contribution is 2.23. The number of benzene rings is 2. The number of amides is 1. The van der Waals surface area contributed by atoms with E-state index >= 15 is 0 Å². The van der Waals surface area contributed by atoms with E-state index in [-0.39, 0.29) is 6.54 Å². The molecule has 0 heterocycles. The predicted molar refractivity (Wildman–Crippen MR) is 88.4 cm³/mol. The molecule has 2 rings (SSSR count). The van der Waals surface area contributed by atoms with Crippen LogP contribution in [0, 0.1) is 6.92 Å². The SMILES string of the molecule is Cc1ccc(C(=O)C(=O)N(C)Cc2ccc(Cl)c(Cl)c2)cc1. The Bertz CT molecular complexity index is 711. The molecule has 2 aromatic rings. The van der Waals surface area contributed by atoms with Crippen molar-refractivity contribution in [2.45, 2.75) is 13.5 Å². The molecule has 0 saturated carbocycles. The molecule has 3 nitrogen and oxygen atoms in total. The van der Waals surface area contributed by atoms with Crippen molar-refractivity contribution in [2.24, 2.45) is 0 Å². The van der Waals surface area contributed by atoms with E-state index in [0.717, 1.165) is 11.1 Å². The molecule has 0 N–H and O–H groups in total. The lowest BCUT2D eigenvalue weighted by Gasteiger charge is -2.16. The summed E-state index contributed by atoms with van der Waals surface area (Å²) in [4.78, 5) is 25.7. The summed E-state index contributed by atoms with van der Waals surface area (Å²) in [7, 11) is 1.58. The second kappa shape index (κ2) is 6.95. The summed E-state index contributed by atoms with van der Waals surface area (Å²) in [5.74, 6) is -1.09. The van der Waals surface area contributed by atoms with Gasteiger partial charge in [0.2, 0.25) is 5.78 Å². The molecule has 5 heteroatoms. The van der Waals surface area contributed by atoms with E-state index in [0.29, 0.717) is 15.6 Å². The molecule has 0 atom stereocenters. The van der Waals surface area contributed by atoms with Crippen LogP contribution in [-0.2, 0) is 11.3 Å². The van der Waals surface area contributed by atoms with E-state index < -0.39 is 11.7 Å². The first-order chi connectivity index (χ1) is 10.4. The van der Waals surface area contributed by atoms with Gasteiger partial charge in [0.05, 0.1) is 10.0 Å². The molecule has 0 radical (unpaired) electrons. The predicted octanol–water partition coefficient (Wildman–Crippen LogP) is 4.14. The molecule has 0 spiro atoms. The van der Waals surface area contributed by atoms with Crippen molar-refractivity contribution in [1.29, 1.82) is 0 Å². The van der Waals surface area contributed by atoms with Gasteiger partial charge in [0, 0.05) is 19.2 Å². The van der Waals surface area contributed by atoms with E-state index in [1.807, 2.05) is 6.92 Å². The number of ketones is 1. The van der Waals surface area contributed by atoms with Crippen LogP contribution in [0.15, 0.2) is 42.5 Å². The monoisotopic (exact) mass is 335 g/mol. The molecule has 22 heavy (non-hydrogen) atoms. The maximum absolute atomic E-state index is 12.2. The van der Waals surface area contributed by atoms with Gasteiger partial charge in [-0.3, -0.25) is 9.59 Å². The van der Waals surface area contributed by atoms with Crippen LogP contribution in [0.25, 0.3) is 0 Å². The number of aryl methyl sites for hydroxylation is 1. The number of halogens is 2. The zero-order valence-electron chi connectivity index (χ0n) is 12.3. The van der Waals surface area contributed by atoms with Gasteiger partial charge >= 0.3 is 0 Å². The Morgan fingerprint density at radius 2 is 1.64 bits per heavy atom. The molecular weight excluding hydrogens is 321 g/mol. The number of rotatable bonds is 4. The summed E-state index contributed by atoms with van der Waals surface area (Å²) < 4.78 is 0. The first kappa shape index (κ1) is 16.5. The minimum absolute atomic E-state index is 0.285. The Labute approximate surface area is 139 Å². The molecule has 0 aromatic heterocycles. The van der Waals surface area contributed by atoms with E-state index in [1.165, 1.54) is 4.90 Å². The number of Topliss-reactive ketones (excluding diaryl/α,β-unsaturated/α-hetero) is 1. The number of likely N-dealkylation sites (N-methyl/N-ethyl adjacent to an activating group) is 1. The van der Waals surface area contributed by atoms with E-state index in [2.05, 4.69) is 0 Å². The molecule has 0 unspecified atom stereocenters. The van der Waals surface area contributed by atoms with Crippen LogP contribution < -0.4 is 0 Å². The van der Waals surface area contributed by atoms with Crippen LogP contribution in [-0.4, -0.2) is 23.6 Å². The largest absolute Gasteiger partial charge is 0.335 e. The fourth-order valence-electron chi connectivity index (χ4n) is 1.99. The molecule has 1 amide bonds. The van der Waals surface area contributed by atoms with Crippen LogP contribution in [0.5, 0.6) is 0 Å². The van der Waals surface area contributed by atoms with Crippen LogP contribution in [0.4, 0.5) is 0 Å². The van der Waals surface area contributed by atoms with E-state index in [4.69, 9.17) is 23.2 Å². The summed E-state index contributed by atoms with van der Waals surface area (Å²) in [5.41, 5.74) is 2.23. The highest BCUT2D eigenvalue weighted by molar-refractivity contribution is 6.43. The minimum Gasteiger partial charge on any atom is -0.335 e. The minimum atomic E-state index is -0.560. The van der Waals surface area contributed by atoms with Crippen molar-refractivity contribution in [2.75, 3.05) is 7.05 Å². The molecule has 0 bridgehead atoms. The van der Waals surface area contributed by atoms with Gasteiger partial charge in [0.15, 0.2) is 0 Å². The van der Waals surface area contributed by atoms with Crippen molar-refractivity contribution < 1.29 is 9.59 Å². The lowest BCUT2D eigenvalue weighted by molar-refractivity contribution is -0.125. The number of carbonyl (C=O) groups is 2. The first-order valence-electron chi connectivity index (χ1n) is 6.69. The van der Waals surface area contributed by atoms with Gasteiger partial charge in [-0.2, -0.15) is 0 Å². The molecular formula is C17H15Cl2NO2. The quantitative estimate of drug-likeness (QED) is 0.621. The molecule has 0 aliphatic rings. The maximum atomic E-state index is 12.2. The van der Waals surface area contributed by atoms with Crippen molar-refractivity contribution in [1.82, 2.24) is 4.90 Å². The smallest absolute Gasteiger partial charge is 0.294 e. The van der Waals surface area contributed by atoms with Crippen molar-refractivity contribution in [3.63, 3.8) is 0 Å². The van der Waals surface area contributed by atoms with Gasteiger partial charge in [0.1, 0.15) is 0 Å². The van der Waals surface area contributed by atoms with Crippen LogP contribution >= 0.6 is 23.2 Å². The third-order valence-corrected chi connectivity index (χ3v) is 4.00. The summed E-state index contributed by atoms with van der Waals surface area (Å²) in [6, 6.07) is 12.0. The number of hydrogen-bond acceptors (Lipinski definition) is 2. The summed E-state index contributed by atoms with van der Waals surface area (Å²) in [6.07, 6.45) is 0. The van der Waals surface area contributed by atoms with Crippen molar-refractivity contribution >= 4 is 34.9 Å². The maximum Gasteiger partial charge on any atom is 0.294 e. The first-order valence-corrected chi connectivity index (χ1v) is 7.44. The molecule has 0 aliphatic heterocycles. The zero-order valence-corrected chi connectivity index (χ0v) is 13.8. The molecule has 2 aromatic carbocycles. The lowest BCUT2D eigenvalue weighted by Crippen LogP contribution is -2.32.